The zero-order valence-electron chi connectivity index (χ0n) is 13.6. The number of rotatable bonds is 4. The third kappa shape index (κ3) is 3.39. The lowest BCUT2D eigenvalue weighted by molar-refractivity contribution is 0.471. The minimum absolute atomic E-state index is 0.0387. The molecule has 5 nitrogen and oxygen atoms in total. The summed E-state index contributed by atoms with van der Waals surface area (Å²) < 4.78 is 31.8. The Bertz CT molecular complexity index is 1240. The van der Waals surface area contributed by atoms with E-state index in [2.05, 4.69) is 11.2 Å². The molecule has 0 N–H and O–H groups in total. The highest BCUT2D eigenvalue weighted by Crippen LogP contribution is 2.30. The smallest absolute Gasteiger partial charge is 0.365 e. The van der Waals surface area contributed by atoms with Crippen molar-refractivity contribution in [3.63, 3.8) is 0 Å². The first-order valence-corrected chi connectivity index (χ1v) is 9.92. The van der Waals surface area contributed by atoms with Gasteiger partial charge in [-0.3, -0.25) is 0 Å². The van der Waals surface area contributed by atoms with Gasteiger partial charge in [-0.2, -0.15) is 13.5 Å². The summed E-state index contributed by atoms with van der Waals surface area (Å²) in [5.74, 6) is 0.0387. The number of fused-ring (bicyclic) bond motifs is 1. The molecular weight excluding hydrogens is 407 g/mol. The molecule has 0 aliphatic carbocycles. The Hall–Kier alpha value is -2.54. The maximum Gasteiger partial charge on any atom is 0.429 e. The van der Waals surface area contributed by atoms with Gasteiger partial charge >= 0.3 is 10.3 Å². The lowest BCUT2D eigenvalue weighted by Gasteiger charge is -2.08. The van der Waals surface area contributed by atoms with Gasteiger partial charge in [0.2, 0.25) is 0 Å². The summed E-state index contributed by atoms with van der Waals surface area (Å²) in [6, 6.07) is 21.4. The average molecular weight is 418 g/mol. The minimum atomic E-state index is -4.27. The topological polar surface area (TPSA) is 61.2 Å². The third-order valence-corrected chi connectivity index (χ3v) is 5.69. The normalized spacial score (nSPS) is 11.6. The summed E-state index contributed by atoms with van der Waals surface area (Å²) in [7, 11) is -4.27. The van der Waals surface area contributed by atoms with Gasteiger partial charge in [0.15, 0.2) is 0 Å². The molecule has 0 aliphatic rings. The highest BCUT2D eigenvalue weighted by atomic mass is 35.5. The van der Waals surface area contributed by atoms with Crippen LogP contribution in [0.4, 0.5) is 0 Å². The largest absolute Gasteiger partial charge is 0.429 e. The van der Waals surface area contributed by atoms with E-state index in [9.17, 15) is 8.42 Å². The third-order valence-electron chi connectivity index (χ3n) is 3.84. The van der Waals surface area contributed by atoms with Gasteiger partial charge in [0.25, 0.3) is 0 Å². The van der Waals surface area contributed by atoms with Crippen LogP contribution in [0.15, 0.2) is 66.7 Å². The zero-order chi connectivity index (χ0) is 19.0. The van der Waals surface area contributed by atoms with E-state index in [4.69, 9.17) is 27.4 Å². The fourth-order valence-corrected chi connectivity index (χ4v) is 3.93. The zero-order valence-corrected chi connectivity index (χ0v) is 16.0. The van der Waals surface area contributed by atoms with Gasteiger partial charge < -0.3 is 4.18 Å². The van der Waals surface area contributed by atoms with E-state index in [0.29, 0.717) is 21.6 Å². The molecular formula is C19H11Cl2N2O3S. The van der Waals surface area contributed by atoms with Crippen LogP contribution in [0.1, 0.15) is 0 Å². The molecule has 0 atom stereocenters. The lowest BCUT2D eigenvalue weighted by atomic mass is 10.1. The molecule has 1 radical (unpaired) electrons. The summed E-state index contributed by atoms with van der Waals surface area (Å²) in [6.07, 6.45) is 0. The van der Waals surface area contributed by atoms with E-state index in [1.165, 1.54) is 18.2 Å². The Morgan fingerprint density at radius 3 is 2.52 bits per heavy atom. The van der Waals surface area contributed by atoms with Gasteiger partial charge in [0.05, 0.1) is 15.6 Å². The van der Waals surface area contributed by atoms with Crippen molar-refractivity contribution in [2.45, 2.75) is 0 Å². The number of aromatic nitrogens is 2. The van der Waals surface area contributed by atoms with Crippen molar-refractivity contribution < 1.29 is 12.6 Å². The van der Waals surface area contributed by atoms with Crippen molar-refractivity contribution in [1.29, 1.82) is 0 Å². The fraction of sp³-hybridized carbons (Fsp3) is 0. The second-order valence-corrected chi connectivity index (χ2v) is 7.80. The molecule has 0 aliphatic heterocycles. The fourth-order valence-electron chi connectivity index (χ4n) is 2.64. The Labute approximate surface area is 166 Å². The molecule has 4 aromatic rings. The summed E-state index contributed by atoms with van der Waals surface area (Å²) in [4.78, 5) is 0. The molecule has 135 valence electrons. The van der Waals surface area contributed by atoms with Crippen LogP contribution < -0.4 is 4.18 Å². The molecule has 0 unspecified atom stereocenters. The Morgan fingerprint density at radius 1 is 1.00 bits per heavy atom. The molecule has 1 aromatic heterocycles. The van der Waals surface area contributed by atoms with Crippen LogP contribution in [0.25, 0.3) is 22.2 Å². The molecule has 4 rings (SSSR count). The number of halogens is 2. The Kier molecular flexibility index (Phi) is 4.55. The molecule has 0 fully saturated rings. The maximum atomic E-state index is 12.8. The van der Waals surface area contributed by atoms with Crippen LogP contribution in [0.5, 0.6) is 5.75 Å². The first-order valence-electron chi connectivity index (χ1n) is 7.80. The van der Waals surface area contributed by atoms with E-state index in [0.717, 1.165) is 9.65 Å². The van der Waals surface area contributed by atoms with Crippen molar-refractivity contribution >= 4 is 44.4 Å². The predicted octanol–water partition coefficient (Wildman–Crippen LogP) is 4.98. The van der Waals surface area contributed by atoms with E-state index in [1.54, 1.807) is 18.2 Å². The quantitative estimate of drug-likeness (QED) is 0.469. The molecule has 0 spiro atoms. The molecule has 3 aromatic carbocycles. The van der Waals surface area contributed by atoms with Crippen LogP contribution in [0.3, 0.4) is 0 Å². The highest BCUT2D eigenvalue weighted by Gasteiger charge is 2.23. The highest BCUT2D eigenvalue weighted by molar-refractivity contribution is 7.85. The molecule has 0 amide bonds. The SMILES string of the molecule is O=S(=O)(Oc1ccc(Cl)c(Cl)c1)n1nc(-c2ccccc2)c2c[c]ccc21. The van der Waals surface area contributed by atoms with Crippen LogP contribution in [0, 0.1) is 6.07 Å². The van der Waals surface area contributed by atoms with Crippen molar-refractivity contribution in [3.8, 4) is 17.0 Å². The molecule has 0 bridgehead atoms. The number of hydrogen-bond acceptors (Lipinski definition) is 4. The second kappa shape index (κ2) is 6.88. The molecule has 1 heterocycles. The van der Waals surface area contributed by atoms with Crippen molar-refractivity contribution in [2.24, 2.45) is 0 Å². The van der Waals surface area contributed by atoms with E-state index >= 15 is 0 Å². The van der Waals surface area contributed by atoms with Gasteiger partial charge in [0.1, 0.15) is 11.4 Å². The van der Waals surface area contributed by atoms with Crippen LogP contribution in [-0.2, 0) is 10.3 Å². The maximum absolute atomic E-state index is 12.8. The van der Waals surface area contributed by atoms with Gasteiger partial charge in [-0.1, -0.05) is 59.6 Å². The van der Waals surface area contributed by atoms with E-state index < -0.39 is 10.3 Å². The summed E-state index contributed by atoms with van der Waals surface area (Å²) in [6.45, 7) is 0. The predicted molar refractivity (Wildman–Crippen MR) is 105 cm³/mol. The molecule has 27 heavy (non-hydrogen) atoms. The first-order chi connectivity index (χ1) is 13.0. The van der Waals surface area contributed by atoms with Gasteiger partial charge in [-0.15, -0.1) is 4.09 Å². The van der Waals surface area contributed by atoms with Crippen LogP contribution in [-0.4, -0.2) is 17.6 Å². The van der Waals surface area contributed by atoms with Crippen molar-refractivity contribution in [1.82, 2.24) is 9.19 Å². The summed E-state index contributed by atoms with van der Waals surface area (Å²) in [5, 5.41) is 5.42. The van der Waals surface area contributed by atoms with Gasteiger partial charge in [0, 0.05) is 17.0 Å². The number of benzene rings is 3. The molecule has 0 saturated heterocycles. The Morgan fingerprint density at radius 2 is 1.78 bits per heavy atom. The van der Waals surface area contributed by atoms with Gasteiger partial charge in [-0.05, 0) is 30.3 Å². The summed E-state index contributed by atoms with van der Waals surface area (Å²) in [5.41, 5.74) is 1.68. The van der Waals surface area contributed by atoms with Crippen LogP contribution >= 0.6 is 23.2 Å². The average Bonchev–Trinajstić information content (AvgIpc) is 3.06. The molecule has 0 saturated carbocycles. The van der Waals surface area contributed by atoms with Crippen molar-refractivity contribution in [3.05, 3.63) is 82.8 Å². The number of nitrogens with zero attached hydrogens (tertiary/aromatic N) is 2. The van der Waals surface area contributed by atoms with Crippen molar-refractivity contribution in [2.75, 3.05) is 0 Å². The minimum Gasteiger partial charge on any atom is -0.365 e. The summed E-state index contributed by atoms with van der Waals surface area (Å²) >= 11 is 11.8. The lowest BCUT2D eigenvalue weighted by Crippen LogP contribution is -2.20. The number of hydrogen-bond donors (Lipinski definition) is 0. The van der Waals surface area contributed by atoms with E-state index in [1.807, 2.05) is 30.3 Å². The standard InChI is InChI=1S/C19H11Cl2N2O3S/c20-16-11-10-14(12-17(16)21)26-27(24,25)23-18-9-5-4-8-15(18)19(22-23)13-6-2-1-3-7-13/h1-3,5-12H. The van der Waals surface area contributed by atoms with E-state index in [-0.39, 0.29) is 10.8 Å². The van der Waals surface area contributed by atoms with Crippen LogP contribution in [0.2, 0.25) is 10.0 Å². The van der Waals surface area contributed by atoms with Gasteiger partial charge in [-0.25, -0.2) is 0 Å². The molecule has 8 heteroatoms. The monoisotopic (exact) mass is 417 g/mol. The second-order valence-electron chi connectivity index (χ2n) is 5.62. The first kappa shape index (κ1) is 17.9. The Balaban J connectivity index is 1.84.